The number of rotatable bonds is 13. The first kappa shape index (κ1) is 30.9. The Hall–Kier alpha value is -1.35. The van der Waals surface area contributed by atoms with Gasteiger partial charge in [-0.25, -0.2) is 4.57 Å². The van der Waals surface area contributed by atoms with Gasteiger partial charge >= 0.3 is 7.82 Å². The fourth-order valence-corrected chi connectivity index (χ4v) is 4.48. The van der Waals surface area contributed by atoms with Crippen molar-refractivity contribution in [2.24, 2.45) is 0 Å². The van der Waals surface area contributed by atoms with Crippen molar-refractivity contribution in [1.82, 2.24) is 0 Å². The van der Waals surface area contributed by atoms with Crippen LogP contribution in [0.3, 0.4) is 0 Å². The van der Waals surface area contributed by atoms with Gasteiger partial charge in [-0.05, 0) is 0 Å². The van der Waals surface area contributed by atoms with Gasteiger partial charge in [-0.3, -0.25) is 18.6 Å². The van der Waals surface area contributed by atoms with Gasteiger partial charge in [0.15, 0.2) is 12.4 Å². The minimum absolute atomic E-state index is 0.00361. The molecule has 19 heteroatoms. The number of aliphatic hydroxyl groups is 8. The van der Waals surface area contributed by atoms with Crippen molar-refractivity contribution in [2.45, 2.75) is 73.4 Å². The molecule has 1 aliphatic carbocycles. The molecule has 0 amide bonds. The zero-order valence-electron chi connectivity index (χ0n) is 18.4. The Morgan fingerprint density at radius 2 is 1.39 bits per heavy atom. The van der Waals surface area contributed by atoms with Gasteiger partial charge in [0.05, 0.1) is 13.2 Å². The Morgan fingerprint density at radius 3 is 1.94 bits per heavy atom. The van der Waals surface area contributed by atoms with Crippen molar-refractivity contribution < 1.29 is 87.9 Å². The fraction of sp³-hybridized carbons (Fsp3) is 0.882. The second-order valence-corrected chi connectivity index (χ2v) is 9.28. The first-order valence-electron chi connectivity index (χ1n) is 10.4. The van der Waals surface area contributed by atoms with Crippen molar-refractivity contribution in [3.8, 4) is 0 Å². The van der Waals surface area contributed by atoms with E-state index in [2.05, 4.69) is 14.0 Å². The van der Waals surface area contributed by atoms with Crippen molar-refractivity contribution in [2.75, 3.05) is 19.8 Å². The van der Waals surface area contributed by atoms with E-state index in [1.165, 1.54) is 0 Å². The van der Waals surface area contributed by atoms with Crippen LogP contribution >= 0.6 is 7.82 Å². The van der Waals surface area contributed by atoms with Crippen molar-refractivity contribution in [3.05, 3.63) is 0 Å². The Labute approximate surface area is 202 Å². The third-order valence-corrected chi connectivity index (χ3v) is 6.45. The topological polar surface area (TPSA) is 289 Å². The molecule has 1 saturated carbocycles. The van der Waals surface area contributed by atoms with Gasteiger partial charge < -0.3 is 64.7 Å². The van der Waals surface area contributed by atoms with Gasteiger partial charge in [-0.1, -0.05) is 0 Å². The number of phosphoric ester groups is 1. The number of phosphoric acid groups is 1. The molecule has 1 heterocycles. The smallest absolute Gasteiger partial charge is 0.464 e. The van der Waals surface area contributed by atoms with Crippen LogP contribution in [0, 0.1) is 0 Å². The van der Waals surface area contributed by atoms with Gasteiger partial charge in [0.2, 0.25) is 0 Å². The van der Waals surface area contributed by atoms with Crippen LogP contribution in [-0.2, 0) is 42.1 Å². The molecule has 1 aliphatic heterocycles. The predicted octanol–water partition coefficient (Wildman–Crippen LogP) is -6.15. The highest BCUT2D eigenvalue weighted by Gasteiger charge is 2.55. The van der Waals surface area contributed by atoms with E-state index < -0.39 is 101 Å². The van der Waals surface area contributed by atoms with Gasteiger partial charge in [0.1, 0.15) is 67.6 Å². The molecule has 0 radical (unpaired) electrons. The van der Waals surface area contributed by atoms with Crippen LogP contribution in [0.4, 0.5) is 0 Å². The lowest BCUT2D eigenvalue weighted by Gasteiger charge is -2.47. The zero-order valence-corrected chi connectivity index (χ0v) is 19.2. The van der Waals surface area contributed by atoms with E-state index >= 15 is 0 Å². The summed E-state index contributed by atoms with van der Waals surface area (Å²) in [5.74, 6) is 0. The lowest BCUT2D eigenvalue weighted by molar-refractivity contribution is -0.338. The molecular formula is C17H29O18P. The van der Waals surface area contributed by atoms with E-state index in [9.17, 15) is 59.9 Å². The highest BCUT2D eigenvalue weighted by Crippen LogP contribution is 2.47. The van der Waals surface area contributed by atoms with E-state index in [1.807, 2.05) is 0 Å². The summed E-state index contributed by atoms with van der Waals surface area (Å²) in [4.78, 5) is 30.9. The molecule has 2 rings (SSSR count). The van der Waals surface area contributed by atoms with E-state index in [0.29, 0.717) is 0 Å². The quantitative estimate of drug-likeness (QED) is 0.0758. The summed E-state index contributed by atoms with van der Waals surface area (Å²) < 4.78 is 41.2. The standard InChI is InChI=1S/C17H29O18P/c18-1-7-8(21)9(22)14(27)17(33-7)34-15-12(25)10(23)11(24)13(26)16(15)35-36(28,29)32-3-6(31-5-20)2-30-4-19/h4-18,21-27H,1-3H2,(H,28,29). The third-order valence-electron chi connectivity index (χ3n) is 5.46. The average molecular weight is 552 g/mol. The lowest BCUT2D eigenvalue weighted by atomic mass is 9.84. The molecule has 2 aliphatic rings. The Balaban J connectivity index is 2.21. The van der Waals surface area contributed by atoms with Crippen LogP contribution < -0.4 is 0 Å². The summed E-state index contributed by atoms with van der Waals surface area (Å²) >= 11 is 0. The van der Waals surface area contributed by atoms with Gasteiger partial charge in [0, 0.05) is 0 Å². The molecule has 1 saturated heterocycles. The Morgan fingerprint density at radius 1 is 0.806 bits per heavy atom. The third kappa shape index (κ3) is 7.36. The van der Waals surface area contributed by atoms with E-state index in [-0.39, 0.29) is 12.9 Å². The maximum Gasteiger partial charge on any atom is 0.472 e. The second-order valence-electron chi connectivity index (χ2n) is 7.88. The maximum atomic E-state index is 12.5. The maximum absolute atomic E-state index is 12.5. The summed E-state index contributed by atoms with van der Waals surface area (Å²) in [6, 6.07) is 0. The number of aliphatic hydroxyl groups excluding tert-OH is 8. The molecule has 13 unspecified atom stereocenters. The summed E-state index contributed by atoms with van der Waals surface area (Å²) in [5.41, 5.74) is 0. The zero-order chi connectivity index (χ0) is 27.2. The first-order valence-corrected chi connectivity index (χ1v) is 11.9. The molecule has 0 aromatic heterocycles. The lowest BCUT2D eigenvalue weighted by Crippen LogP contribution is -2.67. The summed E-state index contributed by atoms with van der Waals surface area (Å²) in [6.45, 7) is -2.34. The average Bonchev–Trinajstić information content (AvgIpc) is 2.85. The number of ether oxygens (including phenoxy) is 4. The van der Waals surface area contributed by atoms with E-state index in [0.717, 1.165) is 0 Å². The molecule has 13 atom stereocenters. The SMILES string of the molecule is O=COCC(COP(=O)(O)OC1C(O)C(O)C(O)C(O)C1OC1OC(CO)C(O)C(O)C1O)OC=O. The summed E-state index contributed by atoms with van der Waals surface area (Å²) in [6.07, 6.45) is -23.2. The molecular weight excluding hydrogens is 523 g/mol. The second kappa shape index (κ2) is 13.4. The molecule has 0 bridgehead atoms. The van der Waals surface area contributed by atoms with Gasteiger partial charge in [-0.15, -0.1) is 0 Å². The molecule has 9 N–H and O–H groups in total. The molecule has 0 aromatic carbocycles. The highest BCUT2D eigenvalue weighted by molar-refractivity contribution is 7.47. The normalized spacial score (nSPS) is 41.6. The first-order chi connectivity index (χ1) is 16.9. The van der Waals surface area contributed by atoms with Crippen molar-refractivity contribution in [3.63, 3.8) is 0 Å². The van der Waals surface area contributed by atoms with Gasteiger partial charge in [-0.2, -0.15) is 0 Å². The van der Waals surface area contributed by atoms with Crippen LogP contribution in [0.2, 0.25) is 0 Å². The monoisotopic (exact) mass is 552 g/mol. The predicted molar refractivity (Wildman–Crippen MR) is 106 cm³/mol. The minimum atomic E-state index is -5.24. The summed E-state index contributed by atoms with van der Waals surface area (Å²) in [7, 11) is -5.24. The van der Waals surface area contributed by atoms with E-state index in [4.69, 9.17) is 14.0 Å². The van der Waals surface area contributed by atoms with Crippen LogP contribution in [0.25, 0.3) is 0 Å². The van der Waals surface area contributed by atoms with Crippen LogP contribution in [0.5, 0.6) is 0 Å². The minimum Gasteiger partial charge on any atom is -0.464 e. The Kier molecular flexibility index (Phi) is 11.5. The number of carbonyl (C=O) groups is 2. The summed E-state index contributed by atoms with van der Waals surface area (Å²) in [5, 5.41) is 80.0. The van der Waals surface area contributed by atoms with E-state index in [1.54, 1.807) is 0 Å². The van der Waals surface area contributed by atoms with Crippen LogP contribution in [-0.4, -0.2) is 152 Å². The highest BCUT2D eigenvalue weighted by atomic mass is 31.2. The molecule has 0 spiro atoms. The number of hydrogen-bond donors (Lipinski definition) is 9. The molecule has 2 fully saturated rings. The molecule has 18 nitrogen and oxygen atoms in total. The van der Waals surface area contributed by atoms with Crippen molar-refractivity contribution in [1.29, 1.82) is 0 Å². The Bertz CT molecular complexity index is 753. The molecule has 36 heavy (non-hydrogen) atoms. The number of carbonyl (C=O) groups excluding carboxylic acids is 2. The van der Waals surface area contributed by atoms with Gasteiger partial charge in [0.25, 0.3) is 12.9 Å². The fourth-order valence-electron chi connectivity index (χ4n) is 3.51. The van der Waals surface area contributed by atoms with Crippen LogP contribution in [0.1, 0.15) is 0 Å². The van der Waals surface area contributed by atoms with Crippen molar-refractivity contribution >= 4 is 20.8 Å². The van der Waals surface area contributed by atoms with Crippen LogP contribution in [0.15, 0.2) is 0 Å². The largest absolute Gasteiger partial charge is 0.472 e. The number of hydrogen-bond acceptors (Lipinski definition) is 17. The molecule has 0 aromatic rings. The molecule has 210 valence electrons.